The van der Waals surface area contributed by atoms with E-state index in [-0.39, 0.29) is 30.0 Å². The van der Waals surface area contributed by atoms with Gasteiger partial charge in [-0.2, -0.15) is 0 Å². The lowest BCUT2D eigenvalue weighted by atomic mass is 10.1. The van der Waals surface area contributed by atoms with Gasteiger partial charge in [0.15, 0.2) is 5.96 Å². The van der Waals surface area contributed by atoms with Crippen LogP contribution in [0.1, 0.15) is 31.1 Å². The van der Waals surface area contributed by atoms with E-state index < -0.39 is 0 Å². The lowest BCUT2D eigenvalue weighted by Crippen LogP contribution is -2.38. The van der Waals surface area contributed by atoms with E-state index in [9.17, 15) is 0 Å². The topological polar surface area (TPSA) is 62.5 Å². The number of oxazole rings is 1. The first-order valence-corrected chi connectivity index (χ1v) is 9.22. The zero-order valence-electron chi connectivity index (χ0n) is 14.8. The van der Waals surface area contributed by atoms with Crippen molar-refractivity contribution >= 4 is 41.3 Å². The smallest absolute Gasteiger partial charge is 0.236 e. The molecule has 0 aliphatic carbocycles. The molecule has 26 heavy (non-hydrogen) atoms. The summed E-state index contributed by atoms with van der Waals surface area (Å²) in [4.78, 5) is 10.1. The second-order valence-electron chi connectivity index (χ2n) is 5.59. The van der Waals surface area contributed by atoms with Gasteiger partial charge in [-0.1, -0.05) is 36.4 Å². The number of nitrogens with one attached hydrogen (secondary N) is 2. The van der Waals surface area contributed by atoms with Crippen molar-refractivity contribution in [2.24, 2.45) is 4.99 Å². The SMILES string of the molecule is CCNC(=NCc1coc(-c2cccs2)n1)NC(C)c1ccccc1.I. The molecule has 0 aliphatic heterocycles. The van der Waals surface area contributed by atoms with Crippen LogP contribution in [-0.2, 0) is 6.54 Å². The standard InChI is InChI=1S/C19H22N4OS.HI/c1-3-20-19(22-14(2)15-8-5-4-6-9-15)21-12-16-13-24-18(23-16)17-10-7-11-25-17;/h4-11,13-14H,3,12H2,1-2H3,(H2,20,21,22);1H. The Balaban J connectivity index is 0.00000243. The van der Waals surface area contributed by atoms with E-state index in [1.54, 1.807) is 17.6 Å². The van der Waals surface area contributed by atoms with Crippen molar-refractivity contribution in [3.63, 3.8) is 0 Å². The Bertz CT molecular complexity index is 802. The van der Waals surface area contributed by atoms with E-state index in [0.717, 1.165) is 23.1 Å². The summed E-state index contributed by atoms with van der Waals surface area (Å²) in [6.45, 7) is 5.43. The first kappa shape index (κ1) is 20.4. The highest BCUT2D eigenvalue weighted by molar-refractivity contribution is 14.0. The Morgan fingerprint density at radius 1 is 1.23 bits per heavy atom. The summed E-state index contributed by atoms with van der Waals surface area (Å²) in [5, 5.41) is 8.70. The van der Waals surface area contributed by atoms with Crippen LogP contribution in [0.3, 0.4) is 0 Å². The first-order chi connectivity index (χ1) is 12.3. The molecule has 1 atom stereocenters. The van der Waals surface area contributed by atoms with Crippen molar-refractivity contribution in [1.82, 2.24) is 15.6 Å². The summed E-state index contributed by atoms with van der Waals surface area (Å²) in [7, 11) is 0. The minimum atomic E-state index is 0. The summed E-state index contributed by atoms with van der Waals surface area (Å²) < 4.78 is 5.54. The van der Waals surface area contributed by atoms with E-state index in [4.69, 9.17) is 4.42 Å². The van der Waals surface area contributed by atoms with Crippen molar-refractivity contribution in [3.05, 3.63) is 65.4 Å². The fraction of sp³-hybridized carbons (Fsp3) is 0.263. The van der Waals surface area contributed by atoms with E-state index in [0.29, 0.717) is 12.4 Å². The third-order valence-corrected chi connectivity index (χ3v) is 4.54. The maximum absolute atomic E-state index is 5.54. The van der Waals surface area contributed by atoms with Gasteiger partial charge in [0.2, 0.25) is 5.89 Å². The molecule has 0 fully saturated rings. The summed E-state index contributed by atoms with van der Waals surface area (Å²) in [5.41, 5.74) is 2.03. The Kier molecular flexibility index (Phi) is 8.11. The second kappa shape index (κ2) is 10.3. The number of halogens is 1. The van der Waals surface area contributed by atoms with E-state index in [2.05, 4.69) is 46.6 Å². The van der Waals surface area contributed by atoms with Crippen LogP contribution in [0.25, 0.3) is 10.8 Å². The maximum Gasteiger partial charge on any atom is 0.236 e. The Hall–Kier alpha value is -1.87. The predicted octanol–water partition coefficient (Wildman–Crippen LogP) is 4.84. The third-order valence-electron chi connectivity index (χ3n) is 3.68. The molecule has 0 amide bonds. The van der Waals surface area contributed by atoms with Gasteiger partial charge < -0.3 is 15.1 Å². The molecule has 2 aromatic heterocycles. The fourth-order valence-corrected chi connectivity index (χ4v) is 3.06. The summed E-state index contributed by atoms with van der Waals surface area (Å²) in [6.07, 6.45) is 1.67. The normalized spacial score (nSPS) is 12.3. The average molecular weight is 482 g/mol. The summed E-state index contributed by atoms with van der Waals surface area (Å²) in [5.74, 6) is 1.41. The van der Waals surface area contributed by atoms with Crippen LogP contribution >= 0.6 is 35.3 Å². The highest BCUT2D eigenvalue weighted by atomic mass is 127. The van der Waals surface area contributed by atoms with Crippen molar-refractivity contribution < 1.29 is 4.42 Å². The fourth-order valence-electron chi connectivity index (χ4n) is 2.40. The van der Waals surface area contributed by atoms with E-state index in [1.165, 1.54) is 5.56 Å². The number of rotatable bonds is 6. The molecule has 3 aromatic rings. The number of guanidine groups is 1. The van der Waals surface area contributed by atoms with Gasteiger partial charge in [-0.25, -0.2) is 9.98 Å². The van der Waals surface area contributed by atoms with Crippen LogP contribution < -0.4 is 10.6 Å². The lowest BCUT2D eigenvalue weighted by molar-refractivity contribution is 0.574. The van der Waals surface area contributed by atoms with Gasteiger partial charge in [0.05, 0.1) is 17.5 Å². The number of aliphatic imine (C=N–C) groups is 1. The van der Waals surface area contributed by atoms with Crippen LogP contribution in [0, 0.1) is 0 Å². The number of thiophene rings is 1. The molecule has 3 rings (SSSR count). The van der Waals surface area contributed by atoms with Crippen molar-refractivity contribution in [2.75, 3.05) is 6.54 Å². The van der Waals surface area contributed by atoms with E-state index in [1.807, 2.05) is 35.7 Å². The van der Waals surface area contributed by atoms with Crippen molar-refractivity contribution in [2.45, 2.75) is 26.4 Å². The number of aromatic nitrogens is 1. The van der Waals surface area contributed by atoms with Gasteiger partial charge in [0, 0.05) is 6.54 Å². The predicted molar refractivity (Wildman–Crippen MR) is 118 cm³/mol. The zero-order chi connectivity index (χ0) is 17.5. The highest BCUT2D eigenvalue weighted by Gasteiger charge is 2.09. The minimum absolute atomic E-state index is 0. The van der Waals surface area contributed by atoms with Crippen LogP contribution in [0.5, 0.6) is 0 Å². The maximum atomic E-state index is 5.54. The summed E-state index contributed by atoms with van der Waals surface area (Å²) >= 11 is 1.61. The molecule has 0 aliphatic rings. The van der Waals surface area contributed by atoms with Gasteiger partial charge >= 0.3 is 0 Å². The van der Waals surface area contributed by atoms with Gasteiger partial charge in [-0.05, 0) is 30.9 Å². The van der Waals surface area contributed by atoms with Crippen molar-refractivity contribution in [1.29, 1.82) is 0 Å². The van der Waals surface area contributed by atoms with Gasteiger partial charge in [-0.15, -0.1) is 35.3 Å². The Labute approximate surface area is 175 Å². The molecule has 0 saturated heterocycles. The van der Waals surface area contributed by atoms with Crippen molar-refractivity contribution in [3.8, 4) is 10.8 Å². The lowest BCUT2D eigenvalue weighted by Gasteiger charge is -2.18. The molecule has 0 bridgehead atoms. The first-order valence-electron chi connectivity index (χ1n) is 8.34. The molecule has 0 radical (unpaired) electrons. The zero-order valence-corrected chi connectivity index (χ0v) is 18.0. The van der Waals surface area contributed by atoms with Gasteiger partial charge in [0.1, 0.15) is 12.0 Å². The average Bonchev–Trinajstić information content (AvgIpc) is 3.32. The number of hydrogen-bond acceptors (Lipinski definition) is 4. The number of hydrogen-bond donors (Lipinski definition) is 2. The number of nitrogens with zero attached hydrogens (tertiary/aromatic N) is 2. The van der Waals surface area contributed by atoms with Crippen LogP contribution in [0.2, 0.25) is 0 Å². The molecule has 7 heteroatoms. The van der Waals surface area contributed by atoms with Crippen LogP contribution in [0.4, 0.5) is 0 Å². The Morgan fingerprint density at radius 2 is 2.04 bits per heavy atom. The van der Waals surface area contributed by atoms with E-state index >= 15 is 0 Å². The second-order valence-corrected chi connectivity index (χ2v) is 6.54. The molecular formula is C19H23IN4OS. The molecule has 0 saturated carbocycles. The van der Waals surface area contributed by atoms with Gasteiger partial charge in [-0.3, -0.25) is 0 Å². The monoisotopic (exact) mass is 482 g/mol. The number of benzene rings is 1. The molecule has 2 heterocycles. The summed E-state index contributed by atoms with van der Waals surface area (Å²) in [6, 6.07) is 14.5. The van der Waals surface area contributed by atoms with Crippen LogP contribution in [0.15, 0.2) is 63.5 Å². The quantitative estimate of drug-likeness (QED) is 0.300. The molecule has 0 spiro atoms. The molecule has 1 aromatic carbocycles. The van der Waals surface area contributed by atoms with Gasteiger partial charge in [0.25, 0.3) is 0 Å². The Morgan fingerprint density at radius 3 is 2.73 bits per heavy atom. The minimum Gasteiger partial charge on any atom is -0.443 e. The molecule has 1 unspecified atom stereocenters. The largest absolute Gasteiger partial charge is 0.443 e. The molecule has 2 N–H and O–H groups in total. The molecule has 138 valence electrons. The molecule has 5 nitrogen and oxygen atoms in total. The highest BCUT2D eigenvalue weighted by Crippen LogP contribution is 2.23. The third kappa shape index (κ3) is 5.57. The van der Waals surface area contributed by atoms with Crippen LogP contribution in [-0.4, -0.2) is 17.5 Å². The molecular weight excluding hydrogens is 459 g/mol.